The van der Waals surface area contributed by atoms with Crippen LogP contribution < -0.4 is 5.32 Å². The summed E-state index contributed by atoms with van der Waals surface area (Å²) in [4.78, 5) is 12.0. The van der Waals surface area contributed by atoms with Crippen molar-refractivity contribution in [2.75, 3.05) is 19.3 Å². The zero-order valence-electron chi connectivity index (χ0n) is 13.6. The molecule has 0 aliphatic heterocycles. The van der Waals surface area contributed by atoms with Crippen molar-refractivity contribution < 1.29 is 17.6 Å². The minimum Gasteiger partial charge on any atom is -0.351 e. The zero-order valence-corrected chi connectivity index (χ0v) is 15.1. The van der Waals surface area contributed by atoms with Crippen LogP contribution in [-0.4, -0.2) is 38.0 Å². The molecule has 25 heavy (non-hydrogen) atoms. The van der Waals surface area contributed by atoms with Crippen molar-refractivity contribution in [3.8, 4) is 0 Å². The number of carbonyl (C=O) groups excluding carboxylic acids is 1. The van der Waals surface area contributed by atoms with Crippen LogP contribution in [0.25, 0.3) is 0 Å². The number of hydrogen-bond donors (Lipinski definition) is 1. The maximum Gasteiger partial charge on any atom is 0.254 e. The van der Waals surface area contributed by atoms with Gasteiger partial charge in [0.15, 0.2) is 0 Å². The molecule has 1 amide bonds. The molecule has 0 atom stereocenters. The standard InChI is InChI=1S/C17H18ClFN2O3S/c1-25(23,24)21(12-13-6-8-14(18)9-7-13)11-10-20-17(22)15-4-2-3-5-16(15)19/h2-9H,10-12H2,1H3,(H,20,22). The van der Waals surface area contributed by atoms with Crippen LogP contribution in [0.1, 0.15) is 15.9 Å². The second-order valence-electron chi connectivity index (χ2n) is 5.46. The Morgan fingerprint density at radius 2 is 1.80 bits per heavy atom. The van der Waals surface area contributed by atoms with Crippen LogP contribution in [0.4, 0.5) is 4.39 Å². The second kappa shape index (κ2) is 8.42. The van der Waals surface area contributed by atoms with Gasteiger partial charge in [-0.1, -0.05) is 35.9 Å². The molecule has 0 fully saturated rings. The van der Waals surface area contributed by atoms with Gasteiger partial charge in [0.1, 0.15) is 5.82 Å². The normalized spacial score (nSPS) is 11.5. The number of benzene rings is 2. The lowest BCUT2D eigenvalue weighted by atomic mass is 10.2. The highest BCUT2D eigenvalue weighted by atomic mass is 35.5. The van der Waals surface area contributed by atoms with Crippen molar-refractivity contribution in [1.29, 1.82) is 0 Å². The average Bonchev–Trinajstić information content (AvgIpc) is 2.55. The van der Waals surface area contributed by atoms with Gasteiger partial charge in [0.25, 0.3) is 5.91 Å². The van der Waals surface area contributed by atoms with Crippen LogP contribution in [0.15, 0.2) is 48.5 Å². The number of halogens is 2. The molecule has 2 rings (SSSR count). The molecule has 0 radical (unpaired) electrons. The minimum atomic E-state index is -3.47. The molecule has 134 valence electrons. The number of rotatable bonds is 7. The molecule has 0 aliphatic rings. The lowest BCUT2D eigenvalue weighted by Gasteiger charge is -2.20. The van der Waals surface area contributed by atoms with Crippen LogP contribution in [0.5, 0.6) is 0 Å². The Hall–Kier alpha value is -1.96. The summed E-state index contributed by atoms with van der Waals surface area (Å²) in [6, 6.07) is 12.4. The summed E-state index contributed by atoms with van der Waals surface area (Å²) in [6.45, 7) is 0.293. The molecule has 0 aliphatic carbocycles. The number of sulfonamides is 1. The van der Waals surface area contributed by atoms with Crippen LogP contribution in [-0.2, 0) is 16.6 Å². The molecule has 1 N–H and O–H groups in total. The molecular weight excluding hydrogens is 367 g/mol. The van der Waals surface area contributed by atoms with Crippen molar-refractivity contribution >= 4 is 27.5 Å². The Labute approximate surface area is 151 Å². The van der Waals surface area contributed by atoms with Gasteiger partial charge in [-0.15, -0.1) is 0 Å². The molecule has 0 aromatic heterocycles. The third-order valence-electron chi connectivity index (χ3n) is 3.51. The van der Waals surface area contributed by atoms with Gasteiger partial charge in [0, 0.05) is 24.7 Å². The molecule has 0 heterocycles. The van der Waals surface area contributed by atoms with Crippen molar-refractivity contribution in [2.24, 2.45) is 0 Å². The fourth-order valence-electron chi connectivity index (χ4n) is 2.19. The third-order valence-corrected chi connectivity index (χ3v) is 5.01. The Morgan fingerprint density at radius 1 is 1.16 bits per heavy atom. The molecule has 2 aromatic carbocycles. The molecule has 2 aromatic rings. The van der Waals surface area contributed by atoms with E-state index in [-0.39, 0.29) is 25.2 Å². The summed E-state index contributed by atoms with van der Waals surface area (Å²) in [5.74, 6) is -1.21. The highest BCUT2D eigenvalue weighted by Gasteiger charge is 2.18. The van der Waals surface area contributed by atoms with Crippen molar-refractivity contribution in [2.45, 2.75) is 6.54 Å². The van der Waals surface area contributed by atoms with E-state index < -0.39 is 21.7 Å². The Bertz CT molecular complexity index is 841. The predicted molar refractivity (Wildman–Crippen MR) is 95.4 cm³/mol. The van der Waals surface area contributed by atoms with E-state index in [1.165, 1.54) is 22.5 Å². The van der Waals surface area contributed by atoms with Crippen LogP contribution in [0, 0.1) is 5.82 Å². The lowest BCUT2D eigenvalue weighted by Crippen LogP contribution is -2.37. The molecule has 5 nitrogen and oxygen atoms in total. The summed E-state index contributed by atoms with van der Waals surface area (Å²) >= 11 is 5.82. The SMILES string of the molecule is CS(=O)(=O)N(CCNC(=O)c1ccccc1F)Cc1ccc(Cl)cc1. The maximum atomic E-state index is 13.6. The second-order valence-corrected chi connectivity index (χ2v) is 7.88. The van der Waals surface area contributed by atoms with E-state index in [1.807, 2.05) is 0 Å². The van der Waals surface area contributed by atoms with Gasteiger partial charge < -0.3 is 5.32 Å². The highest BCUT2D eigenvalue weighted by Crippen LogP contribution is 2.13. The molecule has 0 bridgehead atoms. The lowest BCUT2D eigenvalue weighted by molar-refractivity contribution is 0.0947. The van der Waals surface area contributed by atoms with Gasteiger partial charge in [-0.25, -0.2) is 12.8 Å². The average molecular weight is 385 g/mol. The van der Waals surface area contributed by atoms with Crippen molar-refractivity contribution in [3.63, 3.8) is 0 Å². The number of nitrogens with one attached hydrogen (secondary N) is 1. The summed E-state index contributed by atoms with van der Waals surface area (Å²) in [5, 5.41) is 3.09. The minimum absolute atomic E-state index is 0.0633. The number of nitrogens with zero attached hydrogens (tertiary/aromatic N) is 1. The number of carbonyl (C=O) groups is 1. The van der Waals surface area contributed by atoms with Gasteiger partial charge in [0.05, 0.1) is 11.8 Å². The smallest absolute Gasteiger partial charge is 0.254 e. The Kier molecular flexibility index (Phi) is 6.52. The number of amides is 1. The molecule has 0 spiro atoms. The zero-order chi connectivity index (χ0) is 18.4. The van der Waals surface area contributed by atoms with Gasteiger partial charge in [-0.3, -0.25) is 4.79 Å². The Balaban J connectivity index is 1.98. The van der Waals surface area contributed by atoms with Crippen molar-refractivity contribution in [3.05, 3.63) is 70.5 Å². The largest absolute Gasteiger partial charge is 0.351 e. The maximum absolute atomic E-state index is 13.6. The molecule has 0 unspecified atom stereocenters. The molecule has 0 saturated heterocycles. The fourth-order valence-corrected chi connectivity index (χ4v) is 3.12. The first-order valence-corrected chi connectivity index (χ1v) is 9.72. The quantitative estimate of drug-likeness (QED) is 0.798. The highest BCUT2D eigenvalue weighted by molar-refractivity contribution is 7.88. The predicted octanol–water partition coefficient (Wildman–Crippen LogP) is 2.67. The molecule has 0 saturated carbocycles. The summed E-state index contributed by atoms with van der Waals surface area (Å²) in [5.41, 5.74) is 0.696. The summed E-state index contributed by atoms with van der Waals surface area (Å²) in [7, 11) is -3.47. The number of hydrogen-bond acceptors (Lipinski definition) is 3. The van der Waals surface area contributed by atoms with E-state index in [0.29, 0.717) is 5.02 Å². The Morgan fingerprint density at radius 3 is 2.40 bits per heavy atom. The van der Waals surface area contributed by atoms with E-state index in [9.17, 15) is 17.6 Å². The fraction of sp³-hybridized carbons (Fsp3) is 0.235. The van der Waals surface area contributed by atoms with Gasteiger partial charge in [-0.2, -0.15) is 4.31 Å². The van der Waals surface area contributed by atoms with Crippen LogP contribution in [0.3, 0.4) is 0 Å². The first-order valence-electron chi connectivity index (χ1n) is 7.49. The van der Waals surface area contributed by atoms with Crippen molar-refractivity contribution in [1.82, 2.24) is 9.62 Å². The van der Waals surface area contributed by atoms with Crippen LogP contribution in [0.2, 0.25) is 5.02 Å². The van der Waals surface area contributed by atoms with Gasteiger partial charge >= 0.3 is 0 Å². The molecule has 8 heteroatoms. The summed E-state index contributed by atoms with van der Waals surface area (Å²) < 4.78 is 38.7. The monoisotopic (exact) mass is 384 g/mol. The van der Waals surface area contributed by atoms with E-state index in [0.717, 1.165) is 11.8 Å². The van der Waals surface area contributed by atoms with E-state index in [4.69, 9.17) is 11.6 Å². The van der Waals surface area contributed by atoms with E-state index >= 15 is 0 Å². The summed E-state index contributed by atoms with van der Waals surface area (Å²) in [6.07, 6.45) is 1.10. The van der Waals surface area contributed by atoms with E-state index in [1.54, 1.807) is 30.3 Å². The van der Waals surface area contributed by atoms with E-state index in [2.05, 4.69) is 5.32 Å². The first kappa shape index (κ1) is 19.4. The van der Waals surface area contributed by atoms with Crippen LogP contribution >= 0.6 is 11.6 Å². The first-order chi connectivity index (χ1) is 11.8. The molecular formula is C17H18ClFN2O3S. The van der Waals surface area contributed by atoms with Gasteiger partial charge in [-0.05, 0) is 29.8 Å². The third kappa shape index (κ3) is 5.81. The van der Waals surface area contributed by atoms with Gasteiger partial charge in [0.2, 0.25) is 10.0 Å². The topological polar surface area (TPSA) is 66.5 Å².